The summed E-state index contributed by atoms with van der Waals surface area (Å²) in [6.45, 7) is 1.98. The lowest BCUT2D eigenvalue weighted by atomic mass is 10.2. The summed E-state index contributed by atoms with van der Waals surface area (Å²) >= 11 is 12.3. The first kappa shape index (κ1) is 15.1. The molecule has 1 N–H and O–H groups in total. The predicted octanol–water partition coefficient (Wildman–Crippen LogP) is 3.71. The molecule has 4 nitrogen and oxygen atoms in total. The van der Waals surface area contributed by atoms with Crippen LogP contribution in [-0.2, 0) is 6.61 Å². The van der Waals surface area contributed by atoms with Crippen molar-refractivity contribution in [2.75, 3.05) is 13.1 Å². The van der Waals surface area contributed by atoms with Gasteiger partial charge >= 0.3 is 0 Å². The highest BCUT2D eigenvalue weighted by Gasteiger charge is 2.14. The van der Waals surface area contributed by atoms with Crippen molar-refractivity contribution in [2.24, 2.45) is 4.99 Å². The Labute approximate surface area is 139 Å². The van der Waals surface area contributed by atoms with Gasteiger partial charge in [0.05, 0.1) is 5.56 Å². The predicted molar refractivity (Wildman–Crippen MR) is 89.1 cm³/mol. The van der Waals surface area contributed by atoms with Crippen LogP contribution in [0.5, 0.6) is 5.88 Å². The fourth-order valence-electron chi connectivity index (χ4n) is 2.21. The van der Waals surface area contributed by atoms with Crippen LogP contribution < -0.4 is 10.1 Å². The zero-order valence-corrected chi connectivity index (χ0v) is 13.4. The lowest BCUT2D eigenvalue weighted by Crippen LogP contribution is -2.30. The molecule has 0 amide bonds. The molecule has 1 aromatic carbocycles. The van der Waals surface area contributed by atoms with Gasteiger partial charge in [0.2, 0.25) is 5.88 Å². The van der Waals surface area contributed by atoms with E-state index in [4.69, 9.17) is 27.9 Å². The van der Waals surface area contributed by atoms with Gasteiger partial charge < -0.3 is 10.1 Å². The highest BCUT2D eigenvalue weighted by atomic mass is 35.5. The molecule has 0 aliphatic carbocycles. The van der Waals surface area contributed by atoms with E-state index in [-0.39, 0.29) is 6.61 Å². The van der Waals surface area contributed by atoms with Gasteiger partial charge in [-0.1, -0.05) is 29.3 Å². The number of amidine groups is 1. The van der Waals surface area contributed by atoms with Crippen LogP contribution in [-0.4, -0.2) is 23.9 Å². The molecule has 0 unspecified atom stereocenters. The third-order valence-electron chi connectivity index (χ3n) is 3.34. The molecule has 6 heteroatoms. The molecule has 1 aromatic heterocycles. The van der Waals surface area contributed by atoms with Crippen LogP contribution in [0, 0.1) is 0 Å². The summed E-state index contributed by atoms with van der Waals surface area (Å²) < 4.78 is 5.84. The molecule has 114 valence electrons. The molecule has 1 aliphatic heterocycles. The minimum absolute atomic E-state index is 0.260. The zero-order valence-electron chi connectivity index (χ0n) is 11.9. The number of halogens is 2. The molecule has 0 spiro atoms. The fourth-order valence-corrected chi connectivity index (χ4v) is 2.72. The molecular formula is C16H15Cl2N3O. The van der Waals surface area contributed by atoms with Crippen molar-refractivity contribution >= 4 is 29.0 Å². The number of nitrogens with zero attached hydrogens (tertiary/aromatic N) is 2. The standard InChI is InChI=1S/C16H15Cl2N3O/c17-13-5-1-6-14(18)12(13)10-22-16-11(4-2-7-21-16)15-19-8-3-9-20-15/h1-2,4-7H,3,8-10H2,(H,19,20). The van der Waals surface area contributed by atoms with Crippen LogP contribution in [0.4, 0.5) is 0 Å². The van der Waals surface area contributed by atoms with E-state index in [1.807, 2.05) is 12.1 Å². The Morgan fingerprint density at radius 3 is 2.68 bits per heavy atom. The Morgan fingerprint density at radius 1 is 1.14 bits per heavy atom. The van der Waals surface area contributed by atoms with Crippen molar-refractivity contribution in [3.05, 3.63) is 57.7 Å². The topological polar surface area (TPSA) is 46.5 Å². The molecule has 0 saturated carbocycles. The van der Waals surface area contributed by atoms with E-state index in [9.17, 15) is 0 Å². The number of pyridine rings is 1. The van der Waals surface area contributed by atoms with E-state index in [0.29, 0.717) is 15.9 Å². The molecule has 0 fully saturated rings. The number of ether oxygens (including phenoxy) is 1. The van der Waals surface area contributed by atoms with Gasteiger partial charge in [-0.05, 0) is 30.7 Å². The van der Waals surface area contributed by atoms with Crippen LogP contribution in [0.3, 0.4) is 0 Å². The second-order valence-corrected chi connectivity index (χ2v) is 5.67. The molecule has 0 saturated heterocycles. The maximum absolute atomic E-state index is 6.16. The first-order valence-electron chi connectivity index (χ1n) is 7.05. The van der Waals surface area contributed by atoms with Crippen molar-refractivity contribution in [1.29, 1.82) is 0 Å². The van der Waals surface area contributed by atoms with Crippen molar-refractivity contribution in [3.8, 4) is 5.88 Å². The smallest absolute Gasteiger partial charge is 0.224 e. The minimum Gasteiger partial charge on any atom is -0.472 e. The van der Waals surface area contributed by atoms with E-state index in [2.05, 4.69) is 15.3 Å². The Balaban J connectivity index is 1.83. The number of benzene rings is 1. The lowest BCUT2D eigenvalue weighted by molar-refractivity contribution is 0.293. The maximum Gasteiger partial charge on any atom is 0.224 e. The monoisotopic (exact) mass is 335 g/mol. The zero-order chi connectivity index (χ0) is 15.4. The summed E-state index contributed by atoms with van der Waals surface area (Å²) in [6.07, 6.45) is 2.73. The third-order valence-corrected chi connectivity index (χ3v) is 4.05. The number of hydrogen-bond donors (Lipinski definition) is 1. The van der Waals surface area contributed by atoms with E-state index in [0.717, 1.165) is 36.5 Å². The number of hydrogen-bond acceptors (Lipinski definition) is 4. The van der Waals surface area contributed by atoms with Crippen LogP contribution >= 0.6 is 23.2 Å². The first-order chi connectivity index (χ1) is 10.8. The van der Waals surface area contributed by atoms with E-state index in [1.54, 1.807) is 24.4 Å². The summed E-state index contributed by atoms with van der Waals surface area (Å²) in [5.74, 6) is 1.34. The van der Waals surface area contributed by atoms with Gasteiger partial charge in [0, 0.05) is 34.9 Å². The summed E-state index contributed by atoms with van der Waals surface area (Å²) in [5.41, 5.74) is 1.60. The number of aliphatic imine (C=N–C) groups is 1. The Hall–Kier alpha value is -1.78. The highest BCUT2D eigenvalue weighted by Crippen LogP contribution is 2.26. The molecule has 2 heterocycles. The summed E-state index contributed by atoms with van der Waals surface area (Å²) in [4.78, 5) is 8.78. The van der Waals surface area contributed by atoms with Crippen LogP contribution in [0.15, 0.2) is 41.5 Å². The summed E-state index contributed by atoms with van der Waals surface area (Å²) in [5, 5.41) is 4.44. The summed E-state index contributed by atoms with van der Waals surface area (Å²) in [7, 11) is 0. The van der Waals surface area contributed by atoms with Crippen molar-refractivity contribution in [2.45, 2.75) is 13.0 Å². The molecule has 2 aromatic rings. The van der Waals surface area contributed by atoms with Gasteiger partial charge in [-0.15, -0.1) is 0 Å². The average molecular weight is 336 g/mol. The first-order valence-corrected chi connectivity index (χ1v) is 7.80. The average Bonchev–Trinajstić information content (AvgIpc) is 2.56. The molecule has 1 aliphatic rings. The molecule has 0 radical (unpaired) electrons. The molecule has 3 rings (SSSR count). The summed E-state index contributed by atoms with van der Waals surface area (Å²) in [6, 6.07) is 9.19. The second-order valence-electron chi connectivity index (χ2n) is 4.86. The van der Waals surface area contributed by atoms with E-state index >= 15 is 0 Å². The molecule has 0 bridgehead atoms. The normalized spacial score (nSPS) is 14.2. The second kappa shape index (κ2) is 6.99. The number of nitrogens with one attached hydrogen (secondary N) is 1. The van der Waals surface area contributed by atoms with Gasteiger partial charge in [0.15, 0.2) is 0 Å². The SMILES string of the molecule is Clc1cccc(Cl)c1COc1ncccc1C1=NCCCN1. The Morgan fingerprint density at radius 2 is 1.95 bits per heavy atom. The fraction of sp³-hybridized carbons (Fsp3) is 0.250. The number of rotatable bonds is 4. The Kier molecular flexibility index (Phi) is 4.80. The third kappa shape index (κ3) is 3.34. The van der Waals surface area contributed by atoms with Gasteiger partial charge in [0.25, 0.3) is 0 Å². The quantitative estimate of drug-likeness (QED) is 0.926. The lowest BCUT2D eigenvalue weighted by Gasteiger charge is -2.17. The highest BCUT2D eigenvalue weighted by molar-refractivity contribution is 6.35. The maximum atomic E-state index is 6.16. The van der Waals surface area contributed by atoms with Crippen molar-refractivity contribution < 1.29 is 4.74 Å². The molecule has 22 heavy (non-hydrogen) atoms. The van der Waals surface area contributed by atoms with Gasteiger partial charge in [-0.3, -0.25) is 4.99 Å². The van der Waals surface area contributed by atoms with E-state index < -0.39 is 0 Å². The number of aromatic nitrogens is 1. The van der Waals surface area contributed by atoms with Crippen LogP contribution in [0.25, 0.3) is 0 Å². The van der Waals surface area contributed by atoms with Crippen LogP contribution in [0.2, 0.25) is 10.0 Å². The van der Waals surface area contributed by atoms with Crippen molar-refractivity contribution in [3.63, 3.8) is 0 Å². The molecule has 0 atom stereocenters. The minimum atomic E-state index is 0.260. The largest absolute Gasteiger partial charge is 0.472 e. The molecular weight excluding hydrogens is 321 g/mol. The Bertz CT molecular complexity index is 683. The van der Waals surface area contributed by atoms with Gasteiger partial charge in [-0.25, -0.2) is 4.98 Å². The van der Waals surface area contributed by atoms with E-state index in [1.165, 1.54) is 0 Å². The van der Waals surface area contributed by atoms with Crippen LogP contribution in [0.1, 0.15) is 17.5 Å². The van der Waals surface area contributed by atoms with Gasteiger partial charge in [0.1, 0.15) is 12.4 Å². The van der Waals surface area contributed by atoms with Crippen molar-refractivity contribution in [1.82, 2.24) is 10.3 Å². The van der Waals surface area contributed by atoms with Gasteiger partial charge in [-0.2, -0.15) is 0 Å².